The number of rotatable bonds is 6. The number of ether oxygens (including phenoxy) is 1. The fourth-order valence-electron chi connectivity index (χ4n) is 4.27. The number of allylic oxidation sites excluding steroid dienone is 1. The molecule has 1 aliphatic heterocycles. The Bertz CT molecular complexity index is 1840. The minimum atomic E-state index is -0.747. The molecule has 0 spiro atoms. The van der Waals surface area contributed by atoms with Gasteiger partial charge >= 0.3 is 5.97 Å². The number of thiazole rings is 1. The standard InChI is InChI=1S/C27H19BrClN3O6S/c1-3-37-26(34)23-14(2)30-27-31(24(23)15-4-6-16(29)7-5-15)25(33)22(39-27)13-18-9-11-21(38-18)19-10-8-17(32(35)36)12-20(19)28/h4-13,24H,3H2,1-2H3/b22-13+/t24-/m0/s1. The zero-order chi connectivity index (χ0) is 27.8. The van der Waals surface area contributed by atoms with E-state index in [4.69, 9.17) is 20.8 Å². The van der Waals surface area contributed by atoms with Crippen molar-refractivity contribution in [3.63, 3.8) is 0 Å². The Morgan fingerprint density at radius 2 is 2.00 bits per heavy atom. The first-order chi connectivity index (χ1) is 18.7. The maximum absolute atomic E-state index is 13.7. The Balaban J connectivity index is 1.60. The number of esters is 1. The van der Waals surface area contributed by atoms with Crippen LogP contribution in [0, 0.1) is 10.1 Å². The fraction of sp³-hybridized carbons (Fsp3) is 0.148. The van der Waals surface area contributed by atoms with E-state index in [1.54, 1.807) is 62.4 Å². The monoisotopic (exact) mass is 627 g/mol. The number of hydrogen-bond donors (Lipinski definition) is 0. The molecule has 2 aromatic heterocycles. The summed E-state index contributed by atoms with van der Waals surface area (Å²) in [6.45, 7) is 3.61. The second-order valence-corrected chi connectivity index (χ2v) is 10.8. The Morgan fingerprint density at radius 3 is 2.67 bits per heavy atom. The molecule has 0 amide bonds. The molecule has 39 heavy (non-hydrogen) atoms. The summed E-state index contributed by atoms with van der Waals surface area (Å²) in [5.41, 5.74) is 1.66. The second-order valence-electron chi connectivity index (χ2n) is 8.48. The van der Waals surface area contributed by atoms with Crippen LogP contribution in [-0.2, 0) is 9.53 Å². The third kappa shape index (κ3) is 5.12. The van der Waals surface area contributed by atoms with Crippen molar-refractivity contribution in [1.29, 1.82) is 0 Å². The number of hydrogen-bond acceptors (Lipinski definition) is 8. The van der Waals surface area contributed by atoms with Gasteiger partial charge in [0.2, 0.25) is 0 Å². The third-order valence-corrected chi connectivity index (χ3v) is 7.92. The lowest BCUT2D eigenvalue weighted by Gasteiger charge is -2.24. The van der Waals surface area contributed by atoms with Gasteiger partial charge in [-0.3, -0.25) is 19.5 Å². The number of halogens is 2. The number of carbonyl (C=O) groups excluding carboxylic acids is 1. The van der Waals surface area contributed by atoms with Crippen molar-refractivity contribution >= 4 is 56.6 Å². The SMILES string of the molecule is CCOC(=O)C1=C(C)N=c2s/c(=C/c3ccc(-c4ccc([N+](=O)[O-])cc4Br)o3)c(=O)n2[C@H]1c1ccc(Cl)cc1. The number of fused-ring (bicyclic) bond motifs is 1. The van der Waals surface area contributed by atoms with Crippen molar-refractivity contribution in [2.75, 3.05) is 6.61 Å². The van der Waals surface area contributed by atoms with Crippen LogP contribution < -0.4 is 14.9 Å². The van der Waals surface area contributed by atoms with E-state index in [1.807, 2.05) is 0 Å². The van der Waals surface area contributed by atoms with Crippen LogP contribution in [-0.4, -0.2) is 22.1 Å². The second kappa shape index (κ2) is 10.8. The predicted molar refractivity (Wildman–Crippen MR) is 150 cm³/mol. The molecule has 1 atom stereocenters. The normalized spacial score (nSPS) is 15.2. The minimum absolute atomic E-state index is 0.0498. The summed E-state index contributed by atoms with van der Waals surface area (Å²) in [7, 11) is 0. The lowest BCUT2D eigenvalue weighted by molar-refractivity contribution is -0.384. The number of nitrogens with zero attached hydrogens (tertiary/aromatic N) is 3. The molecule has 5 rings (SSSR count). The highest BCUT2D eigenvalue weighted by Crippen LogP contribution is 2.33. The maximum atomic E-state index is 13.7. The topological polar surface area (TPSA) is 117 Å². The summed E-state index contributed by atoms with van der Waals surface area (Å²) < 4.78 is 13.6. The highest BCUT2D eigenvalue weighted by atomic mass is 79.9. The summed E-state index contributed by atoms with van der Waals surface area (Å²) in [5, 5.41) is 11.6. The van der Waals surface area contributed by atoms with Gasteiger partial charge in [-0.1, -0.05) is 35.1 Å². The Labute approximate surface area is 238 Å². The number of furan rings is 1. The summed E-state index contributed by atoms with van der Waals surface area (Å²) in [6.07, 6.45) is 1.61. The number of aromatic nitrogens is 1. The van der Waals surface area contributed by atoms with Crippen LogP contribution in [0.15, 0.2) is 84.5 Å². The van der Waals surface area contributed by atoms with E-state index >= 15 is 0 Å². The van der Waals surface area contributed by atoms with E-state index in [9.17, 15) is 19.7 Å². The molecule has 0 saturated heterocycles. The number of nitro benzene ring substituents is 1. The molecular formula is C27H19BrClN3O6S. The molecule has 3 heterocycles. The molecular weight excluding hydrogens is 610 g/mol. The van der Waals surface area contributed by atoms with Crippen LogP contribution in [0.3, 0.4) is 0 Å². The molecule has 0 N–H and O–H groups in total. The molecule has 12 heteroatoms. The summed E-state index contributed by atoms with van der Waals surface area (Å²) in [4.78, 5) is 42.2. The van der Waals surface area contributed by atoms with Crippen LogP contribution in [0.25, 0.3) is 17.4 Å². The zero-order valence-electron chi connectivity index (χ0n) is 20.5. The summed E-state index contributed by atoms with van der Waals surface area (Å²) in [5.74, 6) is 0.331. The van der Waals surface area contributed by atoms with Crippen molar-refractivity contribution in [2.24, 2.45) is 4.99 Å². The van der Waals surface area contributed by atoms with Crippen molar-refractivity contribution in [2.45, 2.75) is 19.9 Å². The Kier molecular flexibility index (Phi) is 7.39. The van der Waals surface area contributed by atoms with E-state index in [0.29, 0.717) is 47.2 Å². The van der Waals surface area contributed by atoms with Crippen LogP contribution in [0.4, 0.5) is 5.69 Å². The molecule has 4 aromatic rings. The predicted octanol–water partition coefficient (Wildman–Crippen LogP) is 5.38. The molecule has 0 unspecified atom stereocenters. The first-order valence-electron chi connectivity index (χ1n) is 11.7. The first-order valence-corrected chi connectivity index (χ1v) is 13.7. The van der Waals surface area contributed by atoms with E-state index in [1.165, 1.54) is 28.0 Å². The number of non-ortho nitro benzene ring substituents is 1. The number of benzene rings is 2. The molecule has 1 aliphatic rings. The van der Waals surface area contributed by atoms with E-state index in [2.05, 4.69) is 20.9 Å². The molecule has 2 aromatic carbocycles. The van der Waals surface area contributed by atoms with Gasteiger partial charge in [0, 0.05) is 33.3 Å². The van der Waals surface area contributed by atoms with Gasteiger partial charge in [-0.25, -0.2) is 9.79 Å². The van der Waals surface area contributed by atoms with Crippen molar-refractivity contribution < 1.29 is 18.9 Å². The summed E-state index contributed by atoms with van der Waals surface area (Å²) in [6, 6.07) is 14.0. The van der Waals surface area contributed by atoms with Gasteiger partial charge in [0.15, 0.2) is 4.80 Å². The van der Waals surface area contributed by atoms with E-state index in [-0.39, 0.29) is 23.4 Å². The Morgan fingerprint density at radius 1 is 1.26 bits per heavy atom. The molecule has 0 saturated carbocycles. The van der Waals surface area contributed by atoms with E-state index in [0.717, 1.165) is 0 Å². The van der Waals surface area contributed by atoms with Crippen molar-refractivity contribution in [3.05, 3.63) is 116 Å². The molecule has 0 aliphatic carbocycles. The van der Waals surface area contributed by atoms with Crippen LogP contribution in [0.2, 0.25) is 5.02 Å². The molecule has 0 bridgehead atoms. The molecule has 9 nitrogen and oxygen atoms in total. The van der Waals surface area contributed by atoms with Gasteiger partial charge in [0.1, 0.15) is 11.5 Å². The van der Waals surface area contributed by atoms with Crippen LogP contribution >= 0.6 is 38.9 Å². The maximum Gasteiger partial charge on any atom is 0.338 e. The lowest BCUT2D eigenvalue weighted by atomic mass is 9.96. The van der Waals surface area contributed by atoms with Crippen LogP contribution in [0.5, 0.6) is 0 Å². The van der Waals surface area contributed by atoms with Gasteiger partial charge in [0.25, 0.3) is 11.2 Å². The number of nitro groups is 1. The molecule has 0 radical (unpaired) electrons. The van der Waals surface area contributed by atoms with Gasteiger partial charge in [0.05, 0.1) is 33.4 Å². The Hall–Kier alpha value is -3.80. The van der Waals surface area contributed by atoms with Crippen molar-refractivity contribution in [1.82, 2.24) is 4.57 Å². The van der Waals surface area contributed by atoms with Gasteiger partial charge in [-0.2, -0.15) is 0 Å². The molecule has 198 valence electrons. The lowest BCUT2D eigenvalue weighted by Crippen LogP contribution is -2.39. The zero-order valence-corrected chi connectivity index (χ0v) is 23.7. The smallest absolute Gasteiger partial charge is 0.338 e. The summed E-state index contributed by atoms with van der Waals surface area (Å²) >= 11 is 10.6. The number of carbonyl (C=O) groups is 1. The van der Waals surface area contributed by atoms with Gasteiger partial charge in [-0.15, -0.1) is 0 Å². The van der Waals surface area contributed by atoms with Gasteiger partial charge < -0.3 is 9.15 Å². The highest BCUT2D eigenvalue weighted by Gasteiger charge is 2.33. The largest absolute Gasteiger partial charge is 0.463 e. The highest BCUT2D eigenvalue weighted by molar-refractivity contribution is 9.10. The quantitative estimate of drug-likeness (QED) is 0.161. The van der Waals surface area contributed by atoms with E-state index < -0.39 is 16.9 Å². The molecule has 0 fully saturated rings. The average Bonchev–Trinajstić information content (AvgIpc) is 3.48. The first kappa shape index (κ1) is 26.8. The van der Waals surface area contributed by atoms with Crippen molar-refractivity contribution in [3.8, 4) is 11.3 Å². The average molecular weight is 629 g/mol. The fourth-order valence-corrected chi connectivity index (χ4v) is 5.99. The third-order valence-electron chi connectivity index (χ3n) is 6.03. The van der Waals surface area contributed by atoms with Gasteiger partial charge in [-0.05, 0) is 65.7 Å². The minimum Gasteiger partial charge on any atom is -0.463 e. The van der Waals surface area contributed by atoms with Crippen LogP contribution in [0.1, 0.15) is 31.2 Å².